The summed E-state index contributed by atoms with van der Waals surface area (Å²) < 4.78 is 10.9. The van der Waals surface area contributed by atoms with Crippen LogP contribution in [0.3, 0.4) is 0 Å². The molecular formula is C27H26N2O4. The van der Waals surface area contributed by atoms with Gasteiger partial charge in [0.15, 0.2) is 0 Å². The molecule has 0 saturated carbocycles. The number of rotatable bonds is 9. The zero-order valence-electron chi connectivity index (χ0n) is 18.7. The predicted octanol–water partition coefficient (Wildman–Crippen LogP) is 4.53. The summed E-state index contributed by atoms with van der Waals surface area (Å²) in [7, 11) is 1.58. The molecule has 0 aliphatic carbocycles. The molecule has 0 bridgehead atoms. The van der Waals surface area contributed by atoms with E-state index in [0.29, 0.717) is 47.9 Å². The second-order valence-electron chi connectivity index (χ2n) is 7.53. The summed E-state index contributed by atoms with van der Waals surface area (Å²) in [5.74, 6) is 0.614. The Kier molecular flexibility index (Phi) is 6.74. The van der Waals surface area contributed by atoms with Crippen LogP contribution >= 0.6 is 0 Å². The maximum Gasteiger partial charge on any atom is 0.278 e. The van der Waals surface area contributed by atoms with Crippen LogP contribution < -0.4 is 14.8 Å². The van der Waals surface area contributed by atoms with Gasteiger partial charge in [-0.1, -0.05) is 54.6 Å². The minimum absolute atomic E-state index is 0.241. The van der Waals surface area contributed by atoms with Crippen molar-refractivity contribution in [3.63, 3.8) is 0 Å². The van der Waals surface area contributed by atoms with Gasteiger partial charge in [-0.05, 0) is 48.7 Å². The molecule has 2 amide bonds. The Balaban J connectivity index is 1.69. The average Bonchev–Trinajstić information content (AvgIpc) is 3.08. The van der Waals surface area contributed by atoms with E-state index in [2.05, 4.69) is 5.32 Å². The molecule has 0 spiro atoms. The maximum atomic E-state index is 13.4. The number of anilines is 1. The lowest BCUT2D eigenvalue weighted by molar-refractivity contribution is -0.136. The number of amides is 2. The van der Waals surface area contributed by atoms with E-state index in [0.717, 1.165) is 5.56 Å². The molecule has 168 valence electrons. The van der Waals surface area contributed by atoms with E-state index in [-0.39, 0.29) is 17.5 Å². The van der Waals surface area contributed by atoms with Crippen LogP contribution in [0.2, 0.25) is 0 Å². The van der Waals surface area contributed by atoms with Crippen molar-refractivity contribution in [3.8, 4) is 11.5 Å². The third-order valence-corrected chi connectivity index (χ3v) is 5.46. The van der Waals surface area contributed by atoms with Crippen molar-refractivity contribution in [1.29, 1.82) is 0 Å². The predicted molar refractivity (Wildman–Crippen MR) is 128 cm³/mol. The Morgan fingerprint density at radius 2 is 1.55 bits per heavy atom. The first-order chi connectivity index (χ1) is 16.1. The zero-order chi connectivity index (χ0) is 23.2. The summed E-state index contributed by atoms with van der Waals surface area (Å²) in [6.45, 7) is 2.67. The summed E-state index contributed by atoms with van der Waals surface area (Å²) in [6, 6.07) is 24.3. The molecule has 4 rings (SSSR count). The van der Waals surface area contributed by atoms with Gasteiger partial charge >= 0.3 is 0 Å². The molecule has 3 aromatic rings. The van der Waals surface area contributed by atoms with Crippen molar-refractivity contribution >= 4 is 23.1 Å². The van der Waals surface area contributed by atoms with Gasteiger partial charge < -0.3 is 14.8 Å². The van der Waals surface area contributed by atoms with Crippen molar-refractivity contribution in [3.05, 3.63) is 95.7 Å². The van der Waals surface area contributed by atoms with Gasteiger partial charge in [0.1, 0.15) is 17.2 Å². The fraction of sp³-hybridized carbons (Fsp3) is 0.185. The highest BCUT2D eigenvalue weighted by atomic mass is 16.5. The minimum Gasteiger partial charge on any atom is -0.497 e. The van der Waals surface area contributed by atoms with Crippen LogP contribution in [0.1, 0.15) is 18.1 Å². The standard InChI is InChI=1S/C27H26N2O4/c1-3-33-23-12-8-7-11-22(23)28-25-24(20-13-15-21(32-2)16-14-20)26(30)29(27(25)31)18-17-19-9-5-4-6-10-19/h4-16,28H,3,17-18H2,1-2H3. The molecule has 0 atom stereocenters. The maximum absolute atomic E-state index is 13.4. The number of imide groups is 1. The summed E-state index contributed by atoms with van der Waals surface area (Å²) in [5, 5.41) is 3.19. The summed E-state index contributed by atoms with van der Waals surface area (Å²) in [5.41, 5.74) is 2.92. The number of hydrogen-bond acceptors (Lipinski definition) is 5. The SMILES string of the molecule is CCOc1ccccc1NC1=C(c2ccc(OC)cc2)C(=O)N(CCc2ccccc2)C1=O. The molecular weight excluding hydrogens is 416 g/mol. The Morgan fingerprint density at radius 3 is 2.24 bits per heavy atom. The van der Waals surface area contributed by atoms with Crippen LogP contribution in [0.15, 0.2) is 84.6 Å². The quantitative estimate of drug-likeness (QED) is 0.493. The molecule has 0 aromatic heterocycles. The number of ether oxygens (including phenoxy) is 2. The second-order valence-corrected chi connectivity index (χ2v) is 7.53. The fourth-order valence-electron chi connectivity index (χ4n) is 3.79. The van der Waals surface area contributed by atoms with Crippen molar-refractivity contribution < 1.29 is 19.1 Å². The van der Waals surface area contributed by atoms with E-state index in [4.69, 9.17) is 9.47 Å². The molecule has 6 nitrogen and oxygen atoms in total. The summed E-state index contributed by atoms with van der Waals surface area (Å²) >= 11 is 0. The molecule has 1 N–H and O–H groups in total. The third kappa shape index (κ3) is 4.75. The van der Waals surface area contributed by atoms with Crippen LogP contribution in [0.5, 0.6) is 11.5 Å². The Morgan fingerprint density at radius 1 is 0.848 bits per heavy atom. The van der Waals surface area contributed by atoms with E-state index in [1.807, 2.05) is 61.5 Å². The van der Waals surface area contributed by atoms with Crippen molar-refractivity contribution in [2.24, 2.45) is 0 Å². The molecule has 1 heterocycles. The first kappa shape index (κ1) is 22.1. The van der Waals surface area contributed by atoms with Gasteiger partial charge in [0.2, 0.25) is 0 Å². The largest absolute Gasteiger partial charge is 0.497 e. The Labute approximate surface area is 193 Å². The first-order valence-electron chi connectivity index (χ1n) is 10.9. The fourth-order valence-corrected chi connectivity index (χ4v) is 3.79. The van der Waals surface area contributed by atoms with E-state index < -0.39 is 0 Å². The highest BCUT2D eigenvalue weighted by Gasteiger charge is 2.39. The molecule has 0 radical (unpaired) electrons. The zero-order valence-corrected chi connectivity index (χ0v) is 18.7. The number of nitrogens with one attached hydrogen (secondary N) is 1. The number of hydrogen-bond donors (Lipinski definition) is 1. The van der Waals surface area contributed by atoms with E-state index in [1.165, 1.54) is 4.90 Å². The van der Waals surface area contributed by atoms with Gasteiger partial charge in [-0.25, -0.2) is 0 Å². The molecule has 0 saturated heterocycles. The average molecular weight is 443 g/mol. The van der Waals surface area contributed by atoms with Crippen molar-refractivity contribution in [1.82, 2.24) is 4.90 Å². The van der Waals surface area contributed by atoms with Crippen molar-refractivity contribution in [2.75, 3.05) is 25.6 Å². The van der Waals surface area contributed by atoms with E-state index in [9.17, 15) is 9.59 Å². The highest BCUT2D eigenvalue weighted by Crippen LogP contribution is 2.34. The number of para-hydroxylation sites is 2. The van der Waals surface area contributed by atoms with Gasteiger partial charge in [-0.15, -0.1) is 0 Å². The second kappa shape index (κ2) is 10.0. The molecule has 3 aromatic carbocycles. The number of carbonyl (C=O) groups is 2. The van der Waals surface area contributed by atoms with Gasteiger partial charge in [-0.3, -0.25) is 14.5 Å². The molecule has 0 fully saturated rings. The Hall–Kier alpha value is -4.06. The van der Waals surface area contributed by atoms with Gasteiger partial charge in [0.25, 0.3) is 11.8 Å². The Bertz CT molecular complexity index is 1170. The highest BCUT2D eigenvalue weighted by molar-refractivity contribution is 6.36. The van der Waals surface area contributed by atoms with Gasteiger partial charge in [-0.2, -0.15) is 0 Å². The lowest BCUT2D eigenvalue weighted by atomic mass is 10.0. The van der Waals surface area contributed by atoms with E-state index in [1.54, 1.807) is 31.4 Å². The molecule has 6 heteroatoms. The van der Waals surface area contributed by atoms with Gasteiger partial charge in [0.05, 0.1) is 25.0 Å². The first-order valence-corrected chi connectivity index (χ1v) is 10.9. The molecule has 1 aliphatic heterocycles. The topological polar surface area (TPSA) is 67.9 Å². The number of nitrogens with zero attached hydrogens (tertiary/aromatic N) is 1. The lowest BCUT2D eigenvalue weighted by Gasteiger charge is -2.16. The molecule has 1 aliphatic rings. The number of methoxy groups -OCH3 is 1. The van der Waals surface area contributed by atoms with Gasteiger partial charge in [0, 0.05) is 6.54 Å². The summed E-state index contributed by atoms with van der Waals surface area (Å²) in [4.78, 5) is 28.2. The monoisotopic (exact) mass is 442 g/mol. The summed E-state index contributed by atoms with van der Waals surface area (Å²) in [6.07, 6.45) is 0.580. The normalized spacial score (nSPS) is 13.5. The minimum atomic E-state index is -0.354. The number of carbonyl (C=O) groups excluding carboxylic acids is 2. The van der Waals surface area contributed by atoms with Crippen LogP contribution in [0, 0.1) is 0 Å². The van der Waals surface area contributed by atoms with Crippen LogP contribution in [-0.4, -0.2) is 37.0 Å². The number of benzene rings is 3. The molecule has 33 heavy (non-hydrogen) atoms. The smallest absolute Gasteiger partial charge is 0.278 e. The van der Waals surface area contributed by atoms with Crippen LogP contribution in [0.25, 0.3) is 5.57 Å². The van der Waals surface area contributed by atoms with Crippen LogP contribution in [-0.2, 0) is 16.0 Å². The molecule has 0 unspecified atom stereocenters. The van der Waals surface area contributed by atoms with Crippen LogP contribution in [0.4, 0.5) is 5.69 Å². The van der Waals surface area contributed by atoms with E-state index >= 15 is 0 Å². The van der Waals surface area contributed by atoms with Crippen molar-refractivity contribution in [2.45, 2.75) is 13.3 Å². The lowest BCUT2D eigenvalue weighted by Crippen LogP contribution is -2.34. The third-order valence-electron chi connectivity index (χ3n) is 5.46.